The van der Waals surface area contributed by atoms with Crippen molar-refractivity contribution in [3.63, 3.8) is 0 Å². The summed E-state index contributed by atoms with van der Waals surface area (Å²) in [5.74, 6) is -0.234. The van der Waals surface area contributed by atoms with E-state index < -0.39 is 5.97 Å². The van der Waals surface area contributed by atoms with Crippen LogP contribution in [0.3, 0.4) is 0 Å². The van der Waals surface area contributed by atoms with Gasteiger partial charge in [0.2, 0.25) is 0 Å². The number of aliphatic imine (C=N–C) groups is 1. The van der Waals surface area contributed by atoms with E-state index in [2.05, 4.69) is 4.99 Å². The van der Waals surface area contributed by atoms with Crippen molar-refractivity contribution in [1.29, 1.82) is 0 Å². The number of aliphatic carboxylic acids is 1. The molecule has 1 atom stereocenters. The summed E-state index contributed by atoms with van der Waals surface area (Å²) in [6.07, 6.45) is -0.0615. The first-order valence-corrected chi connectivity index (χ1v) is 5.68. The molecule has 0 fully saturated rings. The number of rotatable bonds is 3. The van der Waals surface area contributed by atoms with Gasteiger partial charge in [0, 0.05) is 18.1 Å². The third kappa shape index (κ3) is 3.63. The van der Waals surface area contributed by atoms with Crippen molar-refractivity contribution in [1.82, 2.24) is 0 Å². The minimum atomic E-state index is -1.06. The number of thioether (sulfide) groups is 1. The molecule has 1 unspecified atom stereocenters. The van der Waals surface area contributed by atoms with Gasteiger partial charge in [-0.15, -0.1) is 11.8 Å². The van der Waals surface area contributed by atoms with Crippen LogP contribution in [-0.4, -0.2) is 16.8 Å². The van der Waals surface area contributed by atoms with Gasteiger partial charge in [-0.2, -0.15) is 0 Å². The van der Waals surface area contributed by atoms with Gasteiger partial charge in [0.25, 0.3) is 0 Å². The van der Waals surface area contributed by atoms with Crippen LogP contribution >= 0.6 is 11.8 Å². The maximum absolute atomic E-state index is 10.4. The molecule has 78 valence electrons. The summed E-state index contributed by atoms with van der Waals surface area (Å²) in [5.41, 5.74) is 1.14. The maximum Gasteiger partial charge on any atom is 1.00 e. The zero-order valence-electron chi connectivity index (χ0n) is 9.05. The van der Waals surface area contributed by atoms with Crippen LogP contribution in [0.1, 0.15) is 18.0 Å². The second-order valence-corrected chi connectivity index (χ2v) is 4.40. The predicted molar refractivity (Wildman–Crippen MR) is 58.7 cm³/mol. The molecule has 0 aromatic heterocycles. The fraction of sp³-hybridized carbons (Fsp3) is 0.273. The number of hydrogen-bond acceptors (Lipinski definition) is 4. The van der Waals surface area contributed by atoms with Crippen molar-refractivity contribution in [2.45, 2.75) is 12.5 Å². The van der Waals surface area contributed by atoms with Crippen molar-refractivity contribution < 1.29 is 39.5 Å². The Kier molecular flexibility index (Phi) is 5.55. The topological polar surface area (TPSA) is 52.5 Å². The average Bonchev–Trinajstić information content (AvgIpc) is 2.67. The van der Waals surface area contributed by atoms with E-state index in [1.165, 1.54) is 11.8 Å². The molecule has 0 radical (unpaired) electrons. The maximum atomic E-state index is 10.4. The van der Waals surface area contributed by atoms with Gasteiger partial charge in [-0.1, -0.05) is 30.3 Å². The fourth-order valence-corrected chi connectivity index (χ4v) is 2.53. The molecule has 1 aromatic carbocycles. The molecular weight excluding hydrogens is 233 g/mol. The molecule has 1 heterocycles. The Balaban J connectivity index is 0.00000128. The van der Waals surface area contributed by atoms with E-state index in [9.17, 15) is 9.90 Å². The molecule has 0 saturated heterocycles. The Bertz CT molecular complexity index is 394. The Hall–Kier alpha value is -0.290. The molecule has 0 aliphatic carbocycles. The van der Waals surface area contributed by atoms with Crippen LogP contribution in [-0.2, 0) is 4.79 Å². The van der Waals surface area contributed by atoms with Crippen molar-refractivity contribution in [2.75, 3.05) is 5.75 Å². The summed E-state index contributed by atoms with van der Waals surface area (Å²) in [5, 5.41) is 11.1. The fourth-order valence-electron chi connectivity index (χ4n) is 1.49. The van der Waals surface area contributed by atoms with Gasteiger partial charge in [-0.3, -0.25) is 4.99 Å². The molecule has 1 aliphatic rings. The van der Waals surface area contributed by atoms with Crippen LogP contribution in [0.25, 0.3) is 0 Å². The van der Waals surface area contributed by atoms with Gasteiger partial charge in [-0.25, -0.2) is 0 Å². The number of hydrogen-bond donors (Lipinski definition) is 0. The normalized spacial score (nSPS) is 18.8. The Morgan fingerprint density at radius 2 is 2.12 bits per heavy atom. The molecule has 0 N–H and O–H groups in total. The number of benzene rings is 1. The summed E-state index contributed by atoms with van der Waals surface area (Å²) in [6.45, 7) is 0. The van der Waals surface area contributed by atoms with Crippen LogP contribution in [0.2, 0.25) is 0 Å². The standard InChI is InChI=1S/C11H11NO2S.Na/c13-11(14)6-10-12-9(7-15-10)8-4-2-1-3-5-8;/h1-5,9H,6-7H2,(H,13,14);/q;+1/p-1. The molecule has 1 aliphatic heterocycles. The summed E-state index contributed by atoms with van der Waals surface area (Å²) in [4.78, 5) is 14.8. The molecule has 5 heteroatoms. The molecule has 2 rings (SSSR count). The first-order chi connectivity index (χ1) is 7.25. The SMILES string of the molecule is O=C([O-])CC1=NC(c2ccccc2)CS1.[Na+]. The van der Waals surface area contributed by atoms with Gasteiger partial charge in [-0.05, 0) is 5.56 Å². The first kappa shape index (κ1) is 13.8. The summed E-state index contributed by atoms with van der Waals surface area (Å²) in [7, 11) is 0. The molecule has 0 spiro atoms. The van der Waals surface area contributed by atoms with Crippen molar-refractivity contribution in [3.05, 3.63) is 35.9 Å². The Morgan fingerprint density at radius 3 is 2.75 bits per heavy atom. The smallest absolute Gasteiger partial charge is 0.550 e. The van der Waals surface area contributed by atoms with E-state index in [0.29, 0.717) is 5.04 Å². The van der Waals surface area contributed by atoms with E-state index >= 15 is 0 Å². The van der Waals surface area contributed by atoms with Gasteiger partial charge < -0.3 is 9.90 Å². The van der Waals surface area contributed by atoms with Crippen molar-refractivity contribution in [3.8, 4) is 0 Å². The average molecular weight is 243 g/mol. The Morgan fingerprint density at radius 1 is 1.44 bits per heavy atom. The second kappa shape index (κ2) is 6.45. The van der Waals surface area contributed by atoms with E-state index in [-0.39, 0.29) is 42.0 Å². The predicted octanol–water partition coefficient (Wildman–Crippen LogP) is -1.98. The minimum absolute atomic E-state index is 0. The summed E-state index contributed by atoms with van der Waals surface area (Å²) in [6, 6.07) is 10.0. The van der Waals surface area contributed by atoms with E-state index in [0.717, 1.165) is 11.3 Å². The molecule has 3 nitrogen and oxygen atoms in total. The van der Waals surface area contributed by atoms with E-state index in [1.54, 1.807) is 0 Å². The molecule has 0 saturated carbocycles. The summed E-state index contributed by atoms with van der Waals surface area (Å²) >= 11 is 1.50. The largest absolute Gasteiger partial charge is 1.00 e. The quantitative estimate of drug-likeness (QED) is 0.578. The molecular formula is C11H10NNaO2S. The van der Waals surface area contributed by atoms with E-state index in [1.807, 2.05) is 30.3 Å². The van der Waals surface area contributed by atoms with Gasteiger partial charge >= 0.3 is 29.6 Å². The number of nitrogens with zero attached hydrogens (tertiary/aromatic N) is 1. The van der Waals surface area contributed by atoms with Gasteiger partial charge in [0.1, 0.15) is 0 Å². The number of carboxylic acid groups (broad SMARTS) is 1. The van der Waals surface area contributed by atoms with Crippen molar-refractivity contribution in [2.24, 2.45) is 4.99 Å². The number of carbonyl (C=O) groups is 1. The molecule has 16 heavy (non-hydrogen) atoms. The Labute approximate surface area is 121 Å². The van der Waals surface area contributed by atoms with Crippen LogP contribution in [0.5, 0.6) is 0 Å². The van der Waals surface area contributed by atoms with Crippen molar-refractivity contribution >= 4 is 22.8 Å². The first-order valence-electron chi connectivity index (χ1n) is 4.70. The van der Waals surface area contributed by atoms with Gasteiger partial charge in [0.15, 0.2) is 0 Å². The third-order valence-corrected chi connectivity index (χ3v) is 3.25. The monoisotopic (exact) mass is 243 g/mol. The van der Waals surface area contributed by atoms with Gasteiger partial charge in [0.05, 0.1) is 11.1 Å². The zero-order chi connectivity index (χ0) is 10.7. The van der Waals surface area contributed by atoms with E-state index in [4.69, 9.17) is 0 Å². The third-order valence-electron chi connectivity index (χ3n) is 2.19. The molecule has 0 amide bonds. The minimum Gasteiger partial charge on any atom is -0.550 e. The number of carbonyl (C=O) groups excluding carboxylic acids is 1. The van der Waals surface area contributed by atoms with Crippen LogP contribution in [0.15, 0.2) is 35.3 Å². The second-order valence-electron chi connectivity index (χ2n) is 3.31. The van der Waals surface area contributed by atoms with Crippen LogP contribution in [0, 0.1) is 0 Å². The summed E-state index contributed by atoms with van der Waals surface area (Å²) < 4.78 is 0. The van der Waals surface area contributed by atoms with Crippen LogP contribution < -0.4 is 34.7 Å². The number of carboxylic acids is 1. The zero-order valence-corrected chi connectivity index (χ0v) is 11.9. The molecule has 1 aromatic rings. The molecule has 0 bridgehead atoms. The van der Waals surface area contributed by atoms with Crippen LogP contribution in [0.4, 0.5) is 0 Å².